The van der Waals surface area contributed by atoms with E-state index in [1.54, 1.807) is 0 Å². The van der Waals surface area contributed by atoms with Crippen molar-refractivity contribution in [1.82, 2.24) is 14.7 Å². The van der Waals surface area contributed by atoms with Crippen molar-refractivity contribution in [3.05, 3.63) is 36.5 Å². The molecule has 0 aromatic rings. The molecule has 0 N–H and O–H groups in total. The number of imide groups is 3. The second-order valence-electron chi connectivity index (χ2n) is 5.73. The molecule has 6 amide bonds. The van der Waals surface area contributed by atoms with Crippen LogP contribution in [0.1, 0.15) is 0 Å². The summed E-state index contributed by atoms with van der Waals surface area (Å²) in [6.07, 6.45) is 6.67. The minimum atomic E-state index is -0.659. The summed E-state index contributed by atoms with van der Waals surface area (Å²) < 4.78 is 0. The van der Waals surface area contributed by atoms with Crippen LogP contribution in [0.5, 0.6) is 0 Å². The molecule has 0 spiro atoms. The molecule has 0 saturated carbocycles. The average molecular weight is 343 g/mol. The number of nitrogens with zero attached hydrogens (tertiary/aromatic N) is 3. The zero-order chi connectivity index (χ0) is 18.1. The maximum absolute atomic E-state index is 11.8. The molecule has 0 aromatic carbocycles. The Morgan fingerprint density at radius 2 is 0.680 bits per heavy atom. The quantitative estimate of drug-likeness (QED) is 0.536. The fraction of sp³-hybridized carbons (Fsp3) is 0.250. The molecule has 0 saturated heterocycles. The Kier molecular flexibility index (Phi) is 4.14. The first-order valence-corrected chi connectivity index (χ1v) is 7.47. The van der Waals surface area contributed by atoms with Crippen molar-refractivity contribution in [3.8, 4) is 0 Å². The highest BCUT2D eigenvalue weighted by Gasteiger charge is 2.34. The predicted octanol–water partition coefficient (Wildman–Crippen LogP) is -1.62. The Morgan fingerprint density at radius 3 is 0.880 bits per heavy atom. The third-order valence-electron chi connectivity index (χ3n) is 4.02. The van der Waals surface area contributed by atoms with Crippen LogP contribution < -0.4 is 0 Å². The third kappa shape index (κ3) is 3.16. The smallest absolute Gasteiger partial charge is 0.253 e. The molecule has 9 heteroatoms. The van der Waals surface area contributed by atoms with Crippen LogP contribution in [0.15, 0.2) is 36.5 Å². The van der Waals surface area contributed by atoms with Gasteiger partial charge in [0.05, 0.1) is 0 Å². The van der Waals surface area contributed by atoms with Gasteiger partial charge in [-0.1, -0.05) is 0 Å². The van der Waals surface area contributed by atoms with Crippen molar-refractivity contribution in [2.24, 2.45) is 5.92 Å². The van der Waals surface area contributed by atoms with E-state index >= 15 is 0 Å². The molecule has 0 unspecified atom stereocenters. The number of amides is 6. The Hall–Kier alpha value is -3.36. The Morgan fingerprint density at radius 1 is 0.480 bits per heavy atom. The normalized spacial score (nSPS) is 19.8. The first kappa shape index (κ1) is 16.5. The van der Waals surface area contributed by atoms with E-state index in [0.29, 0.717) is 0 Å². The van der Waals surface area contributed by atoms with Crippen LogP contribution in [0.3, 0.4) is 0 Å². The summed E-state index contributed by atoms with van der Waals surface area (Å²) >= 11 is 0. The van der Waals surface area contributed by atoms with E-state index < -0.39 is 41.4 Å². The van der Waals surface area contributed by atoms with Crippen LogP contribution >= 0.6 is 0 Å². The number of hydrogen-bond donors (Lipinski definition) is 0. The molecule has 3 aliphatic rings. The first-order valence-electron chi connectivity index (χ1n) is 7.47. The van der Waals surface area contributed by atoms with Gasteiger partial charge in [-0.15, -0.1) is 0 Å². The van der Waals surface area contributed by atoms with Gasteiger partial charge in [0.2, 0.25) is 0 Å². The summed E-state index contributed by atoms with van der Waals surface area (Å²) in [6, 6.07) is 0. The summed E-state index contributed by atoms with van der Waals surface area (Å²) in [6.45, 7) is -0.379. The van der Waals surface area contributed by atoms with Crippen LogP contribution in [-0.4, -0.2) is 69.8 Å². The van der Waals surface area contributed by atoms with Crippen LogP contribution in [0.4, 0.5) is 0 Å². The highest BCUT2D eigenvalue weighted by atomic mass is 16.2. The molecule has 25 heavy (non-hydrogen) atoms. The average Bonchev–Trinajstić information content (AvgIpc) is 3.17. The van der Waals surface area contributed by atoms with Gasteiger partial charge in [-0.25, -0.2) is 0 Å². The monoisotopic (exact) mass is 343 g/mol. The summed E-state index contributed by atoms with van der Waals surface area (Å²) in [5.41, 5.74) is 0. The number of rotatable bonds is 6. The minimum absolute atomic E-state index is 0.126. The lowest BCUT2D eigenvalue weighted by Gasteiger charge is -2.28. The lowest BCUT2D eigenvalue weighted by molar-refractivity contribution is -0.139. The summed E-state index contributed by atoms with van der Waals surface area (Å²) in [5, 5.41) is 0. The van der Waals surface area contributed by atoms with Crippen LogP contribution in [0.2, 0.25) is 0 Å². The van der Waals surface area contributed by atoms with Gasteiger partial charge in [0.1, 0.15) is 0 Å². The van der Waals surface area contributed by atoms with E-state index in [9.17, 15) is 28.8 Å². The van der Waals surface area contributed by atoms with Gasteiger partial charge in [0, 0.05) is 62.0 Å². The lowest BCUT2D eigenvalue weighted by atomic mass is 10.1. The van der Waals surface area contributed by atoms with Gasteiger partial charge < -0.3 is 0 Å². The third-order valence-corrected chi connectivity index (χ3v) is 4.02. The van der Waals surface area contributed by atoms with E-state index in [0.717, 1.165) is 51.2 Å². The SMILES string of the molecule is O=C1C=CC(=O)N1CC(CN1C(=O)C=CC1=O)CN1C(=O)C=CC1=O. The fourth-order valence-electron chi connectivity index (χ4n) is 2.78. The van der Waals surface area contributed by atoms with Crippen molar-refractivity contribution in [1.29, 1.82) is 0 Å². The molecule has 3 aliphatic heterocycles. The fourth-order valence-corrected chi connectivity index (χ4v) is 2.78. The van der Waals surface area contributed by atoms with Crippen molar-refractivity contribution in [2.75, 3.05) is 19.6 Å². The molecular weight excluding hydrogens is 330 g/mol. The molecule has 128 valence electrons. The Bertz CT molecular complexity index is 635. The minimum Gasteiger partial charge on any atom is -0.275 e. The van der Waals surface area contributed by atoms with Crippen molar-refractivity contribution >= 4 is 35.4 Å². The Labute approximate surface area is 141 Å². The molecule has 0 atom stereocenters. The number of hydrogen-bond acceptors (Lipinski definition) is 6. The molecule has 3 rings (SSSR count). The molecule has 0 aliphatic carbocycles. The van der Waals surface area contributed by atoms with Crippen molar-refractivity contribution in [2.45, 2.75) is 0 Å². The van der Waals surface area contributed by atoms with Crippen LogP contribution in [-0.2, 0) is 28.8 Å². The van der Waals surface area contributed by atoms with Gasteiger partial charge in [0.25, 0.3) is 35.4 Å². The maximum Gasteiger partial charge on any atom is 0.253 e. The van der Waals surface area contributed by atoms with Gasteiger partial charge in [-0.3, -0.25) is 43.5 Å². The van der Waals surface area contributed by atoms with E-state index in [1.807, 2.05) is 0 Å². The second-order valence-corrected chi connectivity index (χ2v) is 5.73. The van der Waals surface area contributed by atoms with Crippen molar-refractivity contribution in [3.63, 3.8) is 0 Å². The number of carbonyl (C=O) groups excluding carboxylic acids is 6. The highest BCUT2D eigenvalue weighted by Crippen LogP contribution is 2.16. The van der Waals surface area contributed by atoms with Gasteiger partial charge >= 0.3 is 0 Å². The molecule has 0 aromatic heterocycles. The molecule has 9 nitrogen and oxygen atoms in total. The lowest BCUT2D eigenvalue weighted by Crippen LogP contribution is -2.47. The van der Waals surface area contributed by atoms with Crippen molar-refractivity contribution < 1.29 is 28.8 Å². The molecule has 3 heterocycles. The van der Waals surface area contributed by atoms with E-state index in [1.165, 1.54) is 0 Å². The molecular formula is C16H13N3O6. The standard InChI is InChI=1S/C16H13N3O6/c20-11-1-2-12(21)17(11)7-10(8-18-13(22)3-4-14(18)23)9-19-15(24)5-6-16(19)25/h1-6,10H,7-9H2. The van der Waals surface area contributed by atoms with E-state index in [2.05, 4.69) is 0 Å². The van der Waals surface area contributed by atoms with E-state index in [4.69, 9.17) is 0 Å². The van der Waals surface area contributed by atoms with Crippen LogP contribution in [0, 0.1) is 5.92 Å². The molecule has 0 radical (unpaired) electrons. The largest absolute Gasteiger partial charge is 0.275 e. The first-order chi connectivity index (χ1) is 11.9. The van der Waals surface area contributed by atoms with E-state index in [-0.39, 0.29) is 19.6 Å². The summed E-state index contributed by atoms with van der Waals surface area (Å²) in [4.78, 5) is 73.3. The topological polar surface area (TPSA) is 112 Å². The zero-order valence-corrected chi connectivity index (χ0v) is 13.0. The number of carbonyl (C=O) groups is 6. The predicted molar refractivity (Wildman–Crippen MR) is 81.1 cm³/mol. The van der Waals surface area contributed by atoms with Gasteiger partial charge in [0.15, 0.2) is 0 Å². The second kappa shape index (κ2) is 6.27. The molecule has 0 fully saturated rings. The van der Waals surface area contributed by atoms with Crippen LogP contribution in [0.25, 0.3) is 0 Å². The molecule has 0 bridgehead atoms. The summed E-state index contributed by atoms with van der Waals surface area (Å²) in [5.74, 6) is -3.80. The van der Waals surface area contributed by atoms with Gasteiger partial charge in [-0.2, -0.15) is 0 Å². The maximum atomic E-state index is 11.8. The highest BCUT2D eigenvalue weighted by molar-refractivity contribution is 6.14. The Balaban J connectivity index is 1.76. The summed E-state index contributed by atoms with van der Waals surface area (Å²) in [7, 11) is 0. The zero-order valence-electron chi connectivity index (χ0n) is 13.0. The van der Waals surface area contributed by atoms with Gasteiger partial charge in [-0.05, 0) is 0 Å².